The SMILES string of the molecule is O=C(NS(=O)(=O)c1ccc(NCCSc2ccccc2)c(C(F)(F)F)c1)c1ccc(N2CCN(Cc3ccc(-c4cncc(O)c4)c(F)c3)CC2)cc1. The summed E-state index contributed by atoms with van der Waals surface area (Å²) in [6.45, 7) is 3.40. The van der Waals surface area contributed by atoms with E-state index in [2.05, 4.69) is 20.1 Å². The number of thioether (sulfide) groups is 1. The molecule has 9 nitrogen and oxygen atoms in total. The molecule has 5 aromatic rings. The van der Waals surface area contributed by atoms with Gasteiger partial charge in [0.15, 0.2) is 0 Å². The minimum absolute atomic E-state index is 0.0215. The fourth-order valence-corrected chi connectivity index (χ4v) is 7.69. The lowest BCUT2D eigenvalue weighted by Crippen LogP contribution is -2.46. The number of pyridine rings is 1. The van der Waals surface area contributed by atoms with Crippen LogP contribution < -0.4 is 14.9 Å². The lowest BCUT2D eigenvalue weighted by atomic mass is 10.0. The number of carbonyl (C=O) groups is 1. The number of hydrogen-bond acceptors (Lipinski definition) is 9. The van der Waals surface area contributed by atoms with Gasteiger partial charge in [-0.15, -0.1) is 11.8 Å². The van der Waals surface area contributed by atoms with Gasteiger partial charge in [0.05, 0.1) is 16.7 Å². The zero-order valence-corrected chi connectivity index (χ0v) is 29.8. The number of benzene rings is 4. The van der Waals surface area contributed by atoms with Crippen LogP contribution in [0.3, 0.4) is 0 Å². The number of rotatable bonds is 12. The predicted octanol–water partition coefficient (Wildman–Crippen LogP) is 7.26. The number of alkyl halides is 3. The van der Waals surface area contributed by atoms with E-state index in [1.54, 1.807) is 18.2 Å². The Bertz CT molecular complexity index is 2160. The molecule has 0 spiro atoms. The van der Waals surface area contributed by atoms with Crippen LogP contribution in [0, 0.1) is 5.82 Å². The van der Waals surface area contributed by atoms with E-state index in [1.807, 2.05) is 41.1 Å². The van der Waals surface area contributed by atoms with E-state index in [1.165, 1.54) is 48.4 Å². The number of aromatic nitrogens is 1. The van der Waals surface area contributed by atoms with Crippen molar-refractivity contribution in [2.24, 2.45) is 0 Å². The maximum absolute atomic E-state index is 14.9. The van der Waals surface area contributed by atoms with Gasteiger partial charge in [-0.25, -0.2) is 17.5 Å². The van der Waals surface area contributed by atoms with E-state index in [4.69, 9.17) is 0 Å². The molecule has 15 heteroatoms. The number of halogens is 4. The summed E-state index contributed by atoms with van der Waals surface area (Å²) in [7, 11) is -4.64. The van der Waals surface area contributed by atoms with Crippen LogP contribution in [0.1, 0.15) is 21.5 Å². The Labute approximate surface area is 308 Å². The van der Waals surface area contributed by atoms with E-state index < -0.39 is 38.4 Å². The molecule has 6 rings (SSSR count). The molecule has 53 heavy (non-hydrogen) atoms. The quantitative estimate of drug-likeness (QED) is 0.0687. The third-order valence-electron chi connectivity index (χ3n) is 8.60. The van der Waals surface area contributed by atoms with Crippen molar-refractivity contribution in [2.45, 2.75) is 22.5 Å². The highest BCUT2D eigenvalue weighted by atomic mass is 32.2. The van der Waals surface area contributed by atoms with Crippen molar-refractivity contribution in [3.05, 3.63) is 132 Å². The first kappa shape index (κ1) is 37.6. The number of amides is 1. The lowest BCUT2D eigenvalue weighted by molar-refractivity contribution is -0.137. The maximum Gasteiger partial charge on any atom is 0.418 e. The molecule has 3 N–H and O–H groups in total. The van der Waals surface area contributed by atoms with E-state index >= 15 is 0 Å². The Balaban J connectivity index is 1.02. The monoisotopic (exact) mass is 765 g/mol. The third kappa shape index (κ3) is 9.66. The summed E-state index contributed by atoms with van der Waals surface area (Å²) >= 11 is 1.47. The van der Waals surface area contributed by atoms with E-state index in [0.717, 1.165) is 28.3 Å². The van der Waals surface area contributed by atoms with E-state index in [9.17, 15) is 35.9 Å². The number of anilines is 2. The molecule has 0 bridgehead atoms. The van der Waals surface area contributed by atoms with Crippen LogP contribution in [0.4, 0.5) is 28.9 Å². The van der Waals surface area contributed by atoms with Crippen molar-refractivity contribution in [3.63, 3.8) is 0 Å². The summed E-state index contributed by atoms with van der Waals surface area (Å²) in [4.78, 5) is 21.4. The third-order valence-corrected chi connectivity index (χ3v) is 10.9. The highest BCUT2D eigenvalue weighted by Crippen LogP contribution is 2.36. The second-order valence-electron chi connectivity index (χ2n) is 12.3. The van der Waals surface area contributed by atoms with Gasteiger partial charge in [-0.05, 0) is 72.3 Å². The van der Waals surface area contributed by atoms with Gasteiger partial charge in [0.25, 0.3) is 15.9 Å². The van der Waals surface area contributed by atoms with Gasteiger partial charge in [0.2, 0.25) is 0 Å². The van der Waals surface area contributed by atoms with Crippen LogP contribution in [0.15, 0.2) is 119 Å². The van der Waals surface area contributed by atoms with Gasteiger partial charge in [0, 0.05) is 84.2 Å². The summed E-state index contributed by atoms with van der Waals surface area (Å²) in [5.74, 6) is -0.955. The van der Waals surface area contributed by atoms with Crippen molar-refractivity contribution in [1.29, 1.82) is 0 Å². The first-order valence-corrected chi connectivity index (χ1v) is 19.0. The van der Waals surface area contributed by atoms with Gasteiger partial charge < -0.3 is 15.3 Å². The van der Waals surface area contributed by atoms with Crippen LogP contribution in [-0.4, -0.2) is 67.8 Å². The van der Waals surface area contributed by atoms with E-state index in [0.29, 0.717) is 55.7 Å². The lowest BCUT2D eigenvalue weighted by Gasteiger charge is -2.36. The Hall–Kier alpha value is -5.12. The number of nitrogens with zero attached hydrogens (tertiary/aromatic N) is 3. The molecule has 1 saturated heterocycles. The minimum Gasteiger partial charge on any atom is -0.506 e. The van der Waals surface area contributed by atoms with Crippen molar-refractivity contribution in [1.82, 2.24) is 14.6 Å². The summed E-state index contributed by atoms with van der Waals surface area (Å²) < 4.78 is 84.8. The molecule has 276 valence electrons. The number of sulfonamides is 1. The van der Waals surface area contributed by atoms with Crippen LogP contribution in [-0.2, 0) is 22.7 Å². The average Bonchev–Trinajstić information content (AvgIpc) is 3.14. The Morgan fingerprint density at radius 3 is 2.30 bits per heavy atom. The topological polar surface area (TPSA) is 115 Å². The average molecular weight is 766 g/mol. The Kier molecular flexibility index (Phi) is 11.6. The second kappa shape index (κ2) is 16.3. The minimum atomic E-state index is -4.85. The summed E-state index contributed by atoms with van der Waals surface area (Å²) in [6, 6.07) is 24.7. The molecule has 0 aliphatic carbocycles. The maximum atomic E-state index is 14.9. The zero-order chi connectivity index (χ0) is 37.6. The molecule has 1 aliphatic heterocycles. The highest BCUT2D eigenvalue weighted by molar-refractivity contribution is 7.99. The smallest absolute Gasteiger partial charge is 0.418 e. The number of hydrogen-bond donors (Lipinski definition) is 3. The standard InChI is InChI=1S/C38H35F4N5O4S2/c39-35-20-26(6-12-33(35)28-21-30(48)24-43-23-28)25-46-15-17-47(18-16-46)29-9-7-27(8-10-29)37(49)45-53(50,51)32-11-13-36(34(22-32)38(40,41)42)44-14-19-52-31-4-2-1-3-5-31/h1-13,20-24,44,48H,14-19,25H2,(H,45,49). The Morgan fingerprint density at radius 2 is 1.62 bits per heavy atom. The molecular weight excluding hydrogens is 731 g/mol. The van der Waals surface area contributed by atoms with Crippen molar-refractivity contribution in [2.75, 3.05) is 48.7 Å². The van der Waals surface area contributed by atoms with Gasteiger partial charge >= 0.3 is 6.18 Å². The molecule has 2 heterocycles. The molecule has 0 unspecified atom stereocenters. The number of nitrogens with one attached hydrogen (secondary N) is 2. The van der Waals surface area contributed by atoms with Crippen LogP contribution >= 0.6 is 11.8 Å². The Morgan fingerprint density at radius 1 is 0.887 bits per heavy atom. The predicted molar refractivity (Wildman–Crippen MR) is 197 cm³/mol. The van der Waals surface area contributed by atoms with Gasteiger partial charge in [-0.1, -0.05) is 30.3 Å². The van der Waals surface area contributed by atoms with E-state index in [-0.39, 0.29) is 23.5 Å². The van der Waals surface area contributed by atoms with Crippen molar-refractivity contribution in [3.8, 4) is 16.9 Å². The van der Waals surface area contributed by atoms with Gasteiger partial charge in [0.1, 0.15) is 11.6 Å². The fraction of sp³-hybridized carbons (Fsp3) is 0.211. The molecule has 4 aromatic carbocycles. The summed E-state index contributed by atoms with van der Waals surface area (Å²) in [5, 5.41) is 12.4. The molecule has 1 aliphatic rings. The largest absolute Gasteiger partial charge is 0.506 e. The molecule has 0 saturated carbocycles. The van der Waals surface area contributed by atoms with Crippen LogP contribution in [0.5, 0.6) is 5.75 Å². The molecular formula is C38H35F4N5O4S2. The first-order valence-electron chi connectivity index (χ1n) is 16.6. The summed E-state index contributed by atoms with van der Waals surface area (Å²) in [6.07, 6.45) is -2.08. The normalized spacial score (nSPS) is 13.8. The number of piperazine rings is 1. The summed E-state index contributed by atoms with van der Waals surface area (Å²) in [5.41, 5.74) is 1.03. The zero-order valence-electron chi connectivity index (χ0n) is 28.2. The molecule has 1 amide bonds. The molecule has 1 aromatic heterocycles. The highest BCUT2D eigenvalue weighted by Gasteiger charge is 2.35. The molecule has 0 radical (unpaired) electrons. The van der Waals surface area contributed by atoms with Crippen LogP contribution in [0.2, 0.25) is 0 Å². The second-order valence-corrected chi connectivity index (χ2v) is 15.1. The molecule has 0 atom stereocenters. The number of carbonyl (C=O) groups excluding carboxylic acids is 1. The molecule has 1 fully saturated rings. The first-order chi connectivity index (χ1) is 25.4. The van der Waals surface area contributed by atoms with Crippen LogP contribution in [0.25, 0.3) is 11.1 Å². The number of aromatic hydroxyl groups is 1. The van der Waals surface area contributed by atoms with Gasteiger partial charge in [-0.3, -0.25) is 14.7 Å². The fourth-order valence-electron chi connectivity index (χ4n) is 5.90. The van der Waals surface area contributed by atoms with Gasteiger partial charge in [-0.2, -0.15) is 13.2 Å². The van der Waals surface area contributed by atoms with Crippen molar-refractivity contribution >= 4 is 39.1 Å². The van der Waals surface area contributed by atoms with Crippen molar-refractivity contribution < 1.29 is 35.9 Å².